The summed E-state index contributed by atoms with van der Waals surface area (Å²) in [5.41, 5.74) is 6.82. The van der Waals surface area contributed by atoms with Gasteiger partial charge < -0.3 is 16.2 Å². The van der Waals surface area contributed by atoms with Crippen molar-refractivity contribution in [1.82, 2.24) is 4.90 Å². The molecule has 1 amide bonds. The van der Waals surface area contributed by atoms with E-state index in [2.05, 4.69) is 5.32 Å². The van der Waals surface area contributed by atoms with Crippen LogP contribution in [0.4, 0.5) is 5.69 Å². The van der Waals surface area contributed by atoms with Crippen LogP contribution in [0.3, 0.4) is 0 Å². The van der Waals surface area contributed by atoms with Crippen molar-refractivity contribution in [1.29, 1.82) is 0 Å². The van der Waals surface area contributed by atoms with Crippen molar-refractivity contribution in [3.8, 4) is 0 Å². The number of benzene rings is 1. The van der Waals surface area contributed by atoms with Crippen molar-refractivity contribution in [2.45, 2.75) is 0 Å². The zero-order valence-electron chi connectivity index (χ0n) is 10.2. The lowest BCUT2D eigenvalue weighted by Crippen LogP contribution is -2.32. The number of nitrogens with one attached hydrogen (secondary N) is 1. The first-order valence-electron chi connectivity index (χ1n) is 5.52. The molecule has 0 saturated carbocycles. The molecule has 98 valence electrons. The lowest BCUT2D eigenvalue weighted by atomic mass is 10.2. The Morgan fingerprint density at radius 1 is 1.50 bits per heavy atom. The van der Waals surface area contributed by atoms with Gasteiger partial charge in [-0.2, -0.15) is 0 Å². The maximum absolute atomic E-state index is 11.8. The second-order valence-electron chi connectivity index (χ2n) is 3.92. The fraction of sp³-hybridized carbons (Fsp3) is 0.333. The number of nitrogens with zero attached hydrogens (tertiary/aromatic N) is 1. The van der Waals surface area contributed by atoms with Gasteiger partial charge in [-0.1, -0.05) is 24.4 Å². The minimum atomic E-state index is -0.172. The number of carbonyl (C=O) groups is 1. The Kier molecular flexibility index (Phi) is 5.70. The highest BCUT2D eigenvalue weighted by Gasteiger charge is 2.09. The third-order valence-corrected chi connectivity index (χ3v) is 2.58. The largest absolute Gasteiger partial charge is 0.395 e. The first-order valence-corrected chi connectivity index (χ1v) is 5.93. The van der Waals surface area contributed by atoms with Crippen LogP contribution in [0.25, 0.3) is 0 Å². The summed E-state index contributed by atoms with van der Waals surface area (Å²) in [5.74, 6) is -0.172. The number of carbonyl (C=O) groups excluding carboxylic acids is 1. The zero-order valence-corrected chi connectivity index (χ0v) is 11.0. The highest BCUT2D eigenvalue weighted by atomic mass is 32.1. The van der Waals surface area contributed by atoms with Gasteiger partial charge in [0.25, 0.3) is 0 Å². The maximum atomic E-state index is 11.8. The number of likely N-dealkylation sites (N-methyl/N-ethyl adjacent to an activating group) is 1. The maximum Gasteiger partial charge on any atom is 0.238 e. The van der Waals surface area contributed by atoms with Crippen LogP contribution < -0.4 is 11.1 Å². The SMILES string of the molecule is CN(CCO)CC(=O)Nc1ccccc1C(N)=S. The molecule has 0 fully saturated rings. The van der Waals surface area contributed by atoms with Crippen LogP contribution in [0.2, 0.25) is 0 Å². The minimum absolute atomic E-state index is 0.0211. The number of rotatable bonds is 6. The van der Waals surface area contributed by atoms with Gasteiger partial charge in [0.05, 0.1) is 18.8 Å². The first kappa shape index (κ1) is 14.6. The van der Waals surface area contributed by atoms with E-state index in [4.69, 9.17) is 23.1 Å². The molecule has 0 aliphatic rings. The van der Waals surface area contributed by atoms with E-state index in [9.17, 15) is 4.79 Å². The van der Waals surface area contributed by atoms with Gasteiger partial charge in [-0.25, -0.2) is 0 Å². The van der Waals surface area contributed by atoms with E-state index in [-0.39, 0.29) is 24.0 Å². The summed E-state index contributed by atoms with van der Waals surface area (Å²) in [6, 6.07) is 7.12. The molecule has 0 atom stereocenters. The van der Waals surface area contributed by atoms with Gasteiger partial charge in [-0.05, 0) is 19.2 Å². The molecule has 0 aromatic heterocycles. The summed E-state index contributed by atoms with van der Waals surface area (Å²) >= 11 is 4.91. The Morgan fingerprint density at radius 3 is 2.78 bits per heavy atom. The number of thiocarbonyl (C=S) groups is 1. The molecule has 1 aromatic carbocycles. The number of nitrogens with two attached hydrogens (primary N) is 1. The van der Waals surface area contributed by atoms with E-state index in [1.54, 1.807) is 30.1 Å². The lowest BCUT2D eigenvalue weighted by Gasteiger charge is -2.15. The van der Waals surface area contributed by atoms with Gasteiger partial charge in [0.1, 0.15) is 4.99 Å². The predicted molar refractivity (Wildman–Crippen MR) is 75.5 cm³/mol. The molecule has 0 radical (unpaired) electrons. The highest BCUT2D eigenvalue weighted by Crippen LogP contribution is 2.14. The summed E-state index contributed by atoms with van der Waals surface area (Å²) in [4.78, 5) is 13.7. The molecule has 1 rings (SSSR count). The van der Waals surface area contributed by atoms with Gasteiger partial charge in [0.2, 0.25) is 5.91 Å². The molecule has 0 unspecified atom stereocenters. The second kappa shape index (κ2) is 7.05. The van der Waals surface area contributed by atoms with E-state index in [1.165, 1.54) is 0 Å². The summed E-state index contributed by atoms with van der Waals surface area (Å²) in [7, 11) is 1.76. The quantitative estimate of drug-likeness (QED) is 0.641. The molecule has 0 heterocycles. The second-order valence-corrected chi connectivity index (χ2v) is 4.36. The predicted octanol–water partition coefficient (Wildman–Crippen LogP) is 0.183. The number of hydrogen-bond acceptors (Lipinski definition) is 4. The first-order chi connectivity index (χ1) is 8.54. The van der Waals surface area contributed by atoms with Gasteiger partial charge >= 0.3 is 0 Å². The van der Waals surface area contributed by atoms with Crippen LogP contribution >= 0.6 is 12.2 Å². The third-order valence-electron chi connectivity index (χ3n) is 2.36. The highest BCUT2D eigenvalue weighted by molar-refractivity contribution is 7.80. The van der Waals surface area contributed by atoms with E-state index in [1.807, 2.05) is 6.07 Å². The molecule has 5 nitrogen and oxygen atoms in total. The van der Waals surface area contributed by atoms with Gasteiger partial charge in [0.15, 0.2) is 0 Å². The molecule has 0 bridgehead atoms. The normalized spacial score (nSPS) is 10.4. The zero-order chi connectivity index (χ0) is 13.5. The molecule has 1 aromatic rings. The third kappa shape index (κ3) is 4.40. The number of aliphatic hydroxyl groups excluding tert-OH is 1. The molecular weight excluding hydrogens is 250 g/mol. The Morgan fingerprint density at radius 2 is 2.17 bits per heavy atom. The van der Waals surface area contributed by atoms with Crippen molar-refractivity contribution in [2.24, 2.45) is 5.73 Å². The van der Waals surface area contributed by atoms with Crippen LogP contribution in [0.1, 0.15) is 5.56 Å². The Hall–Kier alpha value is -1.50. The molecule has 4 N–H and O–H groups in total. The van der Waals surface area contributed by atoms with E-state index in [0.29, 0.717) is 17.8 Å². The summed E-state index contributed by atoms with van der Waals surface area (Å²) < 4.78 is 0. The van der Waals surface area contributed by atoms with E-state index < -0.39 is 0 Å². The summed E-state index contributed by atoms with van der Waals surface area (Å²) in [5, 5.41) is 11.5. The minimum Gasteiger partial charge on any atom is -0.395 e. The molecular formula is C12H17N3O2S. The number of aliphatic hydroxyl groups is 1. The smallest absolute Gasteiger partial charge is 0.238 e. The van der Waals surface area contributed by atoms with E-state index >= 15 is 0 Å². The van der Waals surface area contributed by atoms with Crippen LogP contribution in [-0.2, 0) is 4.79 Å². The molecule has 18 heavy (non-hydrogen) atoms. The van der Waals surface area contributed by atoms with Crippen molar-refractivity contribution in [3.63, 3.8) is 0 Å². The van der Waals surface area contributed by atoms with Crippen molar-refractivity contribution in [2.75, 3.05) is 32.1 Å². The Bertz CT molecular complexity index is 437. The number of para-hydroxylation sites is 1. The average Bonchev–Trinajstić information content (AvgIpc) is 2.29. The topological polar surface area (TPSA) is 78.6 Å². The molecule has 0 saturated heterocycles. The van der Waals surface area contributed by atoms with Crippen LogP contribution in [-0.4, -0.2) is 47.6 Å². The molecule has 6 heteroatoms. The van der Waals surface area contributed by atoms with Crippen LogP contribution in [0.15, 0.2) is 24.3 Å². The molecule has 0 aliphatic carbocycles. The molecule has 0 spiro atoms. The number of anilines is 1. The van der Waals surface area contributed by atoms with Crippen molar-refractivity contribution >= 4 is 28.8 Å². The van der Waals surface area contributed by atoms with Gasteiger partial charge in [-0.15, -0.1) is 0 Å². The van der Waals surface area contributed by atoms with E-state index in [0.717, 1.165) is 0 Å². The lowest BCUT2D eigenvalue weighted by molar-refractivity contribution is -0.117. The standard InChI is InChI=1S/C12H17N3O2S/c1-15(6-7-16)8-11(17)14-10-5-3-2-4-9(10)12(13)18/h2-5,16H,6-8H2,1H3,(H2,13,18)(H,14,17). The Labute approximate surface area is 112 Å². The summed E-state index contributed by atoms with van der Waals surface area (Å²) in [6.07, 6.45) is 0. The number of amides is 1. The Balaban J connectivity index is 2.67. The number of hydrogen-bond donors (Lipinski definition) is 3. The summed E-state index contributed by atoms with van der Waals surface area (Å²) in [6.45, 7) is 0.670. The van der Waals surface area contributed by atoms with Crippen LogP contribution in [0.5, 0.6) is 0 Å². The fourth-order valence-electron chi connectivity index (χ4n) is 1.49. The average molecular weight is 267 g/mol. The van der Waals surface area contributed by atoms with Gasteiger partial charge in [0, 0.05) is 12.1 Å². The van der Waals surface area contributed by atoms with Crippen LogP contribution in [0, 0.1) is 0 Å². The monoisotopic (exact) mass is 267 g/mol. The van der Waals surface area contributed by atoms with Gasteiger partial charge in [-0.3, -0.25) is 9.69 Å². The van der Waals surface area contributed by atoms with Crippen molar-refractivity contribution < 1.29 is 9.90 Å². The van der Waals surface area contributed by atoms with Crippen molar-refractivity contribution in [3.05, 3.63) is 29.8 Å². The molecule has 0 aliphatic heterocycles. The fourth-order valence-corrected chi connectivity index (χ4v) is 1.67.